The minimum Gasteiger partial charge on any atom is -0.207 e. The average Bonchev–Trinajstić information content (AvgIpc) is 2.16. The van der Waals surface area contributed by atoms with Crippen LogP contribution in [-0.2, 0) is 6.42 Å². The molecule has 0 amide bonds. The third-order valence-electron chi connectivity index (χ3n) is 1.83. The molecule has 0 nitrogen and oxygen atoms in total. The maximum Gasteiger partial charge on any atom is 0.128 e. The number of alkyl halides is 1. The molecule has 0 saturated carbocycles. The van der Waals surface area contributed by atoms with E-state index in [-0.39, 0.29) is 5.82 Å². The summed E-state index contributed by atoms with van der Waals surface area (Å²) in [6.45, 7) is 0. The molecular weight excluding hydrogens is 266 g/mol. The minimum atomic E-state index is -0.235. The Kier molecular flexibility index (Phi) is 5.20. The Labute approximate surface area is 96.9 Å². The molecule has 76 valence electrons. The van der Waals surface area contributed by atoms with Crippen molar-refractivity contribution in [2.75, 3.05) is 5.33 Å². The van der Waals surface area contributed by atoms with E-state index in [9.17, 15) is 4.39 Å². The fourth-order valence-electron chi connectivity index (χ4n) is 1.11. The zero-order valence-corrected chi connectivity index (χ0v) is 9.98. The molecule has 0 bridgehead atoms. The molecule has 0 aliphatic heterocycles. The number of rotatable bonds is 4. The molecule has 1 rings (SSSR count). The van der Waals surface area contributed by atoms with Gasteiger partial charge in [-0.05, 0) is 25.0 Å². The Bertz CT molecular complexity index is 303. The quantitative estimate of drug-likeness (QED) is 0.566. The largest absolute Gasteiger partial charge is 0.207 e. The first-order valence-corrected chi connectivity index (χ1v) is 5.89. The number of benzene rings is 1. The standard InChI is InChI=1S/C11H11BrClF/c12-8-3-1-2-5-9-10(13)6-4-7-11(9)14/h1-2,4,6-7H,3,5,8H2. The topological polar surface area (TPSA) is 0 Å². The monoisotopic (exact) mass is 276 g/mol. The highest BCUT2D eigenvalue weighted by Crippen LogP contribution is 2.19. The van der Waals surface area contributed by atoms with Gasteiger partial charge < -0.3 is 0 Å². The first-order valence-electron chi connectivity index (χ1n) is 4.39. The molecule has 0 spiro atoms. The third kappa shape index (κ3) is 3.43. The van der Waals surface area contributed by atoms with Gasteiger partial charge in [-0.3, -0.25) is 0 Å². The van der Waals surface area contributed by atoms with E-state index in [0.29, 0.717) is 17.0 Å². The summed E-state index contributed by atoms with van der Waals surface area (Å²) in [4.78, 5) is 0. The molecule has 0 aromatic heterocycles. The fourth-order valence-corrected chi connectivity index (χ4v) is 1.61. The van der Waals surface area contributed by atoms with Crippen molar-refractivity contribution < 1.29 is 4.39 Å². The summed E-state index contributed by atoms with van der Waals surface area (Å²) < 4.78 is 13.2. The van der Waals surface area contributed by atoms with Crippen molar-refractivity contribution in [3.05, 3.63) is 46.8 Å². The van der Waals surface area contributed by atoms with Crippen molar-refractivity contribution in [2.24, 2.45) is 0 Å². The van der Waals surface area contributed by atoms with E-state index in [1.54, 1.807) is 12.1 Å². The van der Waals surface area contributed by atoms with E-state index in [4.69, 9.17) is 11.6 Å². The normalized spacial score (nSPS) is 11.1. The molecule has 1 aromatic carbocycles. The molecule has 14 heavy (non-hydrogen) atoms. The maximum absolute atomic E-state index is 13.2. The molecular formula is C11H11BrClF. The predicted octanol–water partition coefficient (Wildman–Crippen LogP) is 4.36. The maximum atomic E-state index is 13.2. The second kappa shape index (κ2) is 6.20. The van der Waals surface area contributed by atoms with Gasteiger partial charge in [-0.25, -0.2) is 4.39 Å². The van der Waals surface area contributed by atoms with Gasteiger partial charge in [0.2, 0.25) is 0 Å². The van der Waals surface area contributed by atoms with Crippen LogP contribution in [0.15, 0.2) is 30.4 Å². The Balaban J connectivity index is 2.66. The van der Waals surface area contributed by atoms with E-state index in [2.05, 4.69) is 15.9 Å². The van der Waals surface area contributed by atoms with Crippen LogP contribution in [0.3, 0.4) is 0 Å². The smallest absolute Gasteiger partial charge is 0.128 e. The highest BCUT2D eigenvalue weighted by atomic mass is 79.9. The summed E-state index contributed by atoms with van der Waals surface area (Å²) in [6.07, 6.45) is 5.45. The number of hydrogen-bond donors (Lipinski definition) is 0. The lowest BCUT2D eigenvalue weighted by atomic mass is 10.1. The van der Waals surface area contributed by atoms with Gasteiger partial charge in [0.1, 0.15) is 5.82 Å². The van der Waals surface area contributed by atoms with Gasteiger partial charge in [-0.1, -0.05) is 45.7 Å². The molecule has 1 aromatic rings. The van der Waals surface area contributed by atoms with Crippen LogP contribution in [0.4, 0.5) is 4.39 Å². The molecule has 0 saturated heterocycles. The average molecular weight is 278 g/mol. The van der Waals surface area contributed by atoms with E-state index >= 15 is 0 Å². The molecule has 0 atom stereocenters. The van der Waals surface area contributed by atoms with Gasteiger partial charge in [0, 0.05) is 15.9 Å². The van der Waals surface area contributed by atoms with Gasteiger partial charge >= 0.3 is 0 Å². The van der Waals surface area contributed by atoms with Crippen LogP contribution in [-0.4, -0.2) is 5.33 Å². The summed E-state index contributed by atoms with van der Waals surface area (Å²) >= 11 is 9.17. The van der Waals surface area contributed by atoms with Gasteiger partial charge in [-0.15, -0.1) is 0 Å². The SMILES string of the molecule is Fc1cccc(Cl)c1CC=CCCBr. The van der Waals surface area contributed by atoms with Crippen LogP contribution in [0, 0.1) is 5.82 Å². The lowest BCUT2D eigenvalue weighted by Crippen LogP contribution is -1.89. The van der Waals surface area contributed by atoms with Crippen molar-refractivity contribution in [3.63, 3.8) is 0 Å². The molecule has 0 heterocycles. The van der Waals surface area contributed by atoms with E-state index < -0.39 is 0 Å². The first-order chi connectivity index (χ1) is 6.75. The van der Waals surface area contributed by atoms with Crippen molar-refractivity contribution in [1.82, 2.24) is 0 Å². The zero-order valence-electron chi connectivity index (χ0n) is 7.64. The Hall–Kier alpha value is -0.340. The summed E-state index contributed by atoms with van der Waals surface area (Å²) in [5.41, 5.74) is 0.569. The van der Waals surface area contributed by atoms with Crippen LogP contribution >= 0.6 is 27.5 Å². The van der Waals surface area contributed by atoms with E-state index in [1.807, 2.05) is 12.2 Å². The van der Waals surface area contributed by atoms with Gasteiger partial charge in [0.05, 0.1) is 0 Å². The van der Waals surface area contributed by atoms with Crippen molar-refractivity contribution in [2.45, 2.75) is 12.8 Å². The Morgan fingerprint density at radius 3 is 2.79 bits per heavy atom. The number of allylic oxidation sites excluding steroid dienone is 2. The van der Waals surface area contributed by atoms with Crippen molar-refractivity contribution in [3.8, 4) is 0 Å². The molecule has 0 fully saturated rings. The van der Waals surface area contributed by atoms with Crippen LogP contribution in [0.2, 0.25) is 5.02 Å². The Morgan fingerprint density at radius 2 is 2.14 bits per heavy atom. The molecule has 3 heteroatoms. The van der Waals surface area contributed by atoms with Crippen LogP contribution in [0.25, 0.3) is 0 Å². The molecule has 0 N–H and O–H groups in total. The van der Waals surface area contributed by atoms with Crippen LogP contribution in [0.5, 0.6) is 0 Å². The van der Waals surface area contributed by atoms with Crippen LogP contribution in [0.1, 0.15) is 12.0 Å². The molecule has 0 unspecified atom stereocenters. The van der Waals surface area contributed by atoms with Gasteiger partial charge in [0.25, 0.3) is 0 Å². The predicted molar refractivity (Wildman–Crippen MR) is 62.7 cm³/mol. The summed E-state index contributed by atoms with van der Waals surface area (Å²) in [6, 6.07) is 4.75. The first kappa shape index (κ1) is 11.7. The third-order valence-corrected chi connectivity index (χ3v) is 2.64. The van der Waals surface area contributed by atoms with E-state index in [0.717, 1.165) is 11.8 Å². The van der Waals surface area contributed by atoms with Crippen molar-refractivity contribution in [1.29, 1.82) is 0 Å². The fraction of sp³-hybridized carbons (Fsp3) is 0.273. The highest BCUT2D eigenvalue weighted by molar-refractivity contribution is 9.09. The zero-order chi connectivity index (χ0) is 10.4. The summed E-state index contributed by atoms with van der Waals surface area (Å²) in [5.74, 6) is -0.235. The second-order valence-corrected chi connectivity index (χ2v) is 4.05. The van der Waals surface area contributed by atoms with Crippen molar-refractivity contribution >= 4 is 27.5 Å². The van der Waals surface area contributed by atoms with Gasteiger partial charge in [0.15, 0.2) is 0 Å². The highest BCUT2D eigenvalue weighted by Gasteiger charge is 2.03. The Morgan fingerprint density at radius 1 is 1.36 bits per heavy atom. The lowest BCUT2D eigenvalue weighted by Gasteiger charge is -2.01. The molecule has 0 radical (unpaired) electrons. The van der Waals surface area contributed by atoms with E-state index in [1.165, 1.54) is 6.07 Å². The molecule has 0 aliphatic carbocycles. The number of halogens is 3. The summed E-state index contributed by atoms with van der Waals surface area (Å²) in [5, 5.41) is 1.42. The number of hydrogen-bond acceptors (Lipinski definition) is 0. The van der Waals surface area contributed by atoms with Crippen LogP contribution < -0.4 is 0 Å². The minimum absolute atomic E-state index is 0.235. The van der Waals surface area contributed by atoms with Gasteiger partial charge in [-0.2, -0.15) is 0 Å². The second-order valence-electron chi connectivity index (χ2n) is 2.85. The summed E-state index contributed by atoms with van der Waals surface area (Å²) in [7, 11) is 0. The molecule has 0 aliphatic rings. The lowest BCUT2D eigenvalue weighted by molar-refractivity contribution is 0.615.